The van der Waals surface area contributed by atoms with Crippen LogP contribution in [0.4, 0.5) is 10.1 Å². The number of nitrogens with zero attached hydrogens (tertiary/aromatic N) is 3. The Kier molecular flexibility index (Phi) is 7.47. The highest BCUT2D eigenvalue weighted by Crippen LogP contribution is 2.41. The first kappa shape index (κ1) is 28.8. The molecule has 0 saturated carbocycles. The van der Waals surface area contributed by atoms with E-state index in [0.29, 0.717) is 23.7 Å². The fourth-order valence-electron chi connectivity index (χ4n) is 7.58. The molecule has 3 aliphatic heterocycles. The third-order valence-corrected chi connectivity index (χ3v) is 10.1. The van der Waals surface area contributed by atoms with Gasteiger partial charge < -0.3 is 25.2 Å². The number of rotatable bonds is 6. The number of phenolic OH excluding ortho intramolecular Hbond substituents is 1. The van der Waals surface area contributed by atoms with E-state index in [0.717, 1.165) is 72.6 Å². The molecule has 0 radical (unpaired) electrons. The summed E-state index contributed by atoms with van der Waals surface area (Å²) in [4.78, 5) is 24.4. The highest BCUT2D eigenvalue weighted by molar-refractivity contribution is 6.00. The molecule has 46 heavy (non-hydrogen) atoms. The zero-order valence-electron chi connectivity index (χ0n) is 25.8. The summed E-state index contributed by atoms with van der Waals surface area (Å²) >= 11 is 0. The molecule has 3 aliphatic rings. The van der Waals surface area contributed by atoms with Crippen molar-refractivity contribution in [3.05, 3.63) is 119 Å². The van der Waals surface area contributed by atoms with E-state index in [2.05, 4.69) is 50.4 Å². The van der Waals surface area contributed by atoms with Crippen LogP contribution in [0.3, 0.4) is 0 Å². The van der Waals surface area contributed by atoms with Crippen LogP contribution in [0.5, 0.6) is 5.75 Å². The zero-order chi connectivity index (χ0) is 31.2. The second kappa shape index (κ2) is 11.9. The van der Waals surface area contributed by atoms with E-state index in [1.807, 2.05) is 42.5 Å². The van der Waals surface area contributed by atoms with E-state index in [-0.39, 0.29) is 11.7 Å². The van der Waals surface area contributed by atoms with E-state index in [9.17, 15) is 14.3 Å². The molecule has 0 spiro atoms. The van der Waals surface area contributed by atoms with Crippen LogP contribution in [0.25, 0.3) is 22.0 Å². The molecule has 1 atom stereocenters. The van der Waals surface area contributed by atoms with Crippen molar-refractivity contribution in [2.24, 2.45) is 0 Å². The zero-order valence-corrected chi connectivity index (χ0v) is 25.8. The molecule has 7 nitrogen and oxygen atoms in total. The summed E-state index contributed by atoms with van der Waals surface area (Å²) in [6, 6.07) is 28.5. The Balaban J connectivity index is 1.03. The van der Waals surface area contributed by atoms with Gasteiger partial charge in [-0.25, -0.2) is 4.39 Å². The fourth-order valence-corrected chi connectivity index (χ4v) is 7.58. The minimum atomic E-state index is -0.694. The molecule has 8 rings (SSSR count). The van der Waals surface area contributed by atoms with Crippen molar-refractivity contribution >= 4 is 22.5 Å². The first-order valence-corrected chi connectivity index (χ1v) is 16.3. The number of halogens is 1. The van der Waals surface area contributed by atoms with Crippen LogP contribution in [0.2, 0.25) is 0 Å². The Hall–Kier alpha value is -4.66. The van der Waals surface area contributed by atoms with Gasteiger partial charge in [-0.05, 0) is 96.5 Å². The van der Waals surface area contributed by atoms with Gasteiger partial charge in [-0.2, -0.15) is 0 Å². The lowest BCUT2D eigenvalue weighted by Crippen LogP contribution is -2.52. The summed E-state index contributed by atoms with van der Waals surface area (Å²) in [5.41, 5.74) is 6.79. The standard InChI is InChI=1S/C38H38FN5O2/c39-29-9-12-36(45)33(23-29)37(35-22-27-3-1-2-4-34(27)41-35)44-24-28-6-5-26(21-32(28)38(44)46)25-7-10-30(11-8-25)42-17-19-43(20-18-42)31-13-15-40-16-14-31/h1-12,21-23,31,37,40-41,45H,13-20,24H2/t37-/m1/s1. The van der Waals surface area contributed by atoms with Crippen molar-refractivity contribution in [2.75, 3.05) is 44.2 Å². The lowest BCUT2D eigenvalue weighted by Gasteiger charge is -2.41. The van der Waals surface area contributed by atoms with E-state index in [1.54, 1.807) is 4.90 Å². The number of piperidine rings is 1. The van der Waals surface area contributed by atoms with Gasteiger partial charge in [0.1, 0.15) is 17.6 Å². The summed E-state index contributed by atoms with van der Waals surface area (Å²) in [6.45, 7) is 6.87. The average molecular weight is 616 g/mol. The summed E-state index contributed by atoms with van der Waals surface area (Å²) in [5, 5.41) is 15.3. The molecular weight excluding hydrogens is 577 g/mol. The molecule has 5 aromatic rings. The lowest BCUT2D eigenvalue weighted by atomic mass is 9.99. The van der Waals surface area contributed by atoms with Gasteiger partial charge in [0, 0.05) is 66.8 Å². The van der Waals surface area contributed by atoms with Gasteiger partial charge >= 0.3 is 0 Å². The van der Waals surface area contributed by atoms with Crippen LogP contribution in [-0.2, 0) is 6.54 Å². The Labute approximate surface area is 268 Å². The van der Waals surface area contributed by atoms with Gasteiger partial charge in [-0.3, -0.25) is 9.69 Å². The summed E-state index contributed by atoms with van der Waals surface area (Å²) in [5.74, 6) is -0.665. The Morgan fingerprint density at radius 1 is 0.826 bits per heavy atom. The SMILES string of the molecule is O=C1c2cc(-c3ccc(N4CCN(C5CCNCC5)CC4)cc3)ccc2CN1[C@@H](c1cc2ccccc2[nH]1)c1cc(F)ccc1O. The molecule has 234 valence electrons. The van der Waals surface area contributed by atoms with Crippen molar-refractivity contribution < 1.29 is 14.3 Å². The summed E-state index contributed by atoms with van der Waals surface area (Å²) in [7, 11) is 0. The number of anilines is 1. The quantitative estimate of drug-likeness (QED) is 0.209. The Bertz CT molecular complexity index is 1860. The predicted molar refractivity (Wildman–Crippen MR) is 180 cm³/mol. The third kappa shape index (κ3) is 5.31. The molecule has 4 aromatic carbocycles. The number of carbonyl (C=O) groups excluding carboxylic acids is 1. The maximum atomic E-state index is 14.5. The Morgan fingerprint density at radius 2 is 1.59 bits per heavy atom. The van der Waals surface area contributed by atoms with Crippen molar-refractivity contribution in [1.82, 2.24) is 20.1 Å². The number of aromatic hydroxyl groups is 1. The number of hydrogen-bond donors (Lipinski definition) is 3. The number of hydrogen-bond acceptors (Lipinski definition) is 5. The number of carbonyl (C=O) groups is 1. The number of nitrogens with one attached hydrogen (secondary N) is 2. The minimum Gasteiger partial charge on any atom is -0.508 e. The van der Waals surface area contributed by atoms with Gasteiger partial charge in [-0.1, -0.05) is 42.5 Å². The first-order chi connectivity index (χ1) is 22.5. The lowest BCUT2D eigenvalue weighted by molar-refractivity contribution is 0.0726. The Morgan fingerprint density at radius 3 is 2.37 bits per heavy atom. The molecule has 2 fully saturated rings. The maximum Gasteiger partial charge on any atom is 0.255 e. The molecule has 1 amide bonds. The summed E-state index contributed by atoms with van der Waals surface area (Å²) < 4.78 is 14.5. The summed E-state index contributed by atoms with van der Waals surface area (Å²) in [6.07, 6.45) is 2.49. The van der Waals surface area contributed by atoms with Crippen LogP contribution in [0, 0.1) is 5.82 Å². The van der Waals surface area contributed by atoms with Crippen molar-refractivity contribution in [3.8, 4) is 16.9 Å². The topological polar surface area (TPSA) is 74.8 Å². The maximum absolute atomic E-state index is 14.5. The molecule has 0 unspecified atom stereocenters. The van der Waals surface area contributed by atoms with Crippen LogP contribution in [0.15, 0.2) is 91.0 Å². The number of aromatic amines is 1. The number of benzene rings is 4. The average Bonchev–Trinajstić information content (AvgIpc) is 3.67. The molecule has 4 heterocycles. The van der Waals surface area contributed by atoms with Crippen molar-refractivity contribution in [1.29, 1.82) is 0 Å². The second-order valence-electron chi connectivity index (χ2n) is 12.8. The number of phenols is 1. The highest BCUT2D eigenvalue weighted by Gasteiger charge is 2.37. The molecule has 0 bridgehead atoms. The van der Waals surface area contributed by atoms with E-state index < -0.39 is 11.9 Å². The number of H-pyrrole nitrogens is 1. The minimum absolute atomic E-state index is 0.0534. The largest absolute Gasteiger partial charge is 0.508 e. The van der Waals surface area contributed by atoms with Gasteiger partial charge in [0.05, 0.1) is 0 Å². The number of aromatic nitrogens is 1. The normalized spacial score (nSPS) is 18.3. The third-order valence-electron chi connectivity index (χ3n) is 10.1. The second-order valence-corrected chi connectivity index (χ2v) is 12.8. The van der Waals surface area contributed by atoms with Crippen LogP contribution >= 0.6 is 0 Å². The van der Waals surface area contributed by atoms with Crippen LogP contribution in [0.1, 0.15) is 46.1 Å². The number of para-hydroxylation sites is 1. The van der Waals surface area contributed by atoms with Gasteiger partial charge in [0.25, 0.3) is 5.91 Å². The van der Waals surface area contributed by atoms with E-state index in [1.165, 1.54) is 36.7 Å². The molecule has 0 aliphatic carbocycles. The fraction of sp³-hybridized carbons (Fsp3) is 0.289. The highest BCUT2D eigenvalue weighted by atomic mass is 19.1. The monoisotopic (exact) mass is 615 g/mol. The van der Waals surface area contributed by atoms with Crippen LogP contribution < -0.4 is 10.2 Å². The van der Waals surface area contributed by atoms with Gasteiger partial charge in [0.2, 0.25) is 0 Å². The van der Waals surface area contributed by atoms with Crippen LogP contribution in [-0.4, -0.2) is 71.1 Å². The predicted octanol–water partition coefficient (Wildman–Crippen LogP) is 6.30. The molecular formula is C38H38FN5O2. The molecule has 8 heteroatoms. The number of piperazine rings is 1. The molecule has 3 N–H and O–H groups in total. The number of amides is 1. The number of fused-ring (bicyclic) bond motifs is 2. The molecule has 2 saturated heterocycles. The van der Waals surface area contributed by atoms with Gasteiger partial charge in [0.15, 0.2) is 0 Å². The van der Waals surface area contributed by atoms with E-state index in [4.69, 9.17) is 0 Å². The molecule has 1 aromatic heterocycles. The van der Waals surface area contributed by atoms with E-state index >= 15 is 0 Å². The first-order valence-electron chi connectivity index (χ1n) is 16.3. The van der Waals surface area contributed by atoms with Gasteiger partial charge in [-0.15, -0.1) is 0 Å². The van der Waals surface area contributed by atoms with Crippen molar-refractivity contribution in [3.63, 3.8) is 0 Å². The smallest absolute Gasteiger partial charge is 0.255 e. The van der Waals surface area contributed by atoms with Crippen molar-refractivity contribution in [2.45, 2.75) is 31.5 Å².